The van der Waals surface area contributed by atoms with E-state index in [1.807, 2.05) is 18.2 Å². The minimum atomic E-state index is -0.0136. The molecule has 1 fully saturated rings. The summed E-state index contributed by atoms with van der Waals surface area (Å²) in [5, 5.41) is 6.48. The average Bonchev–Trinajstić information content (AvgIpc) is 2.45. The maximum Gasteiger partial charge on any atom is 0.251 e. The smallest absolute Gasteiger partial charge is 0.251 e. The first kappa shape index (κ1) is 15.0. The molecule has 1 aromatic carbocycles. The third kappa shape index (κ3) is 3.83. The summed E-state index contributed by atoms with van der Waals surface area (Å²) in [7, 11) is 0. The van der Waals surface area contributed by atoms with Crippen molar-refractivity contribution >= 4 is 5.91 Å². The van der Waals surface area contributed by atoms with Gasteiger partial charge in [0, 0.05) is 12.1 Å². The fraction of sp³-hybridized carbons (Fsp3) is 0.588. The second-order valence-corrected chi connectivity index (χ2v) is 6.72. The lowest BCUT2D eigenvalue weighted by molar-refractivity contribution is 0.0942. The van der Waals surface area contributed by atoms with Gasteiger partial charge >= 0.3 is 0 Å². The van der Waals surface area contributed by atoms with E-state index < -0.39 is 0 Å². The Morgan fingerprint density at radius 2 is 2.10 bits per heavy atom. The lowest BCUT2D eigenvalue weighted by Crippen LogP contribution is -2.38. The highest BCUT2D eigenvalue weighted by Crippen LogP contribution is 2.25. The largest absolute Gasteiger partial charge is 0.352 e. The highest BCUT2D eigenvalue weighted by Gasteiger charge is 2.21. The number of amides is 1. The maximum atomic E-state index is 12.4. The summed E-state index contributed by atoms with van der Waals surface area (Å²) in [6, 6.07) is 7.92. The van der Waals surface area contributed by atoms with Crippen LogP contribution in [0.25, 0.3) is 0 Å². The van der Waals surface area contributed by atoms with Crippen molar-refractivity contribution in [2.75, 3.05) is 19.6 Å². The summed E-state index contributed by atoms with van der Waals surface area (Å²) in [4.78, 5) is 12.4. The van der Waals surface area contributed by atoms with Crippen LogP contribution >= 0.6 is 0 Å². The van der Waals surface area contributed by atoms with Gasteiger partial charge < -0.3 is 10.6 Å². The number of carbonyl (C=O) groups excluding carboxylic acids is 1. The van der Waals surface area contributed by atoms with E-state index in [1.54, 1.807) is 0 Å². The molecular formula is C17H26N2O. The van der Waals surface area contributed by atoms with Gasteiger partial charge in [-0.25, -0.2) is 0 Å². The number of benzene rings is 1. The number of piperidine rings is 1. The van der Waals surface area contributed by atoms with Crippen molar-refractivity contribution in [3.63, 3.8) is 0 Å². The molecule has 1 aliphatic rings. The molecule has 1 amide bonds. The van der Waals surface area contributed by atoms with Crippen LogP contribution in [-0.2, 0) is 5.41 Å². The minimum Gasteiger partial charge on any atom is -0.352 e. The molecule has 1 heterocycles. The van der Waals surface area contributed by atoms with Crippen LogP contribution in [-0.4, -0.2) is 25.5 Å². The van der Waals surface area contributed by atoms with Gasteiger partial charge in [-0.2, -0.15) is 0 Å². The SMILES string of the molecule is CC(C)(C)c1ccccc1C(=O)NCC1CCCNC1. The van der Waals surface area contributed by atoms with E-state index in [1.165, 1.54) is 12.8 Å². The second kappa shape index (κ2) is 6.40. The van der Waals surface area contributed by atoms with Gasteiger partial charge in [-0.3, -0.25) is 4.79 Å². The molecule has 2 N–H and O–H groups in total. The van der Waals surface area contributed by atoms with Gasteiger partial charge in [0.15, 0.2) is 0 Å². The molecule has 0 aliphatic carbocycles. The van der Waals surface area contributed by atoms with Gasteiger partial charge in [0.1, 0.15) is 0 Å². The lowest BCUT2D eigenvalue weighted by atomic mass is 9.83. The predicted molar refractivity (Wildman–Crippen MR) is 83.1 cm³/mol. The standard InChI is InChI=1S/C17H26N2O/c1-17(2,3)15-9-5-4-8-14(15)16(20)19-12-13-7-6-10-18-11-13/h4-5,8-9,13,18H,6-7,10-12H2,1-3H3,(H,19,20). The van der Waals surface area contributed by atoms with E-state index in [4.69, 9.17) is 0 Å². The van der Waals surface area contributed by atoms with Crippen molar-refractivity contribution in [3.8, 4) is 0 Å². The summed E-state index contributed by atoms with van der Waals surface area (Å²) < 4.78 is 0. The van der Waals surface area contributed by atoms with E-state index in [2.05, 4.69) is 37.5 Å². The first-order valence-electron chi connectivity index (χ1n) is 7.57. The molecule has 1 aromatic rings. The Labute approximate surface area is 122 Å². The van der Waals surface area contributed by atoms with Crippen LogP contribution in [0.5, 0.6) is 0 Å². The first-order chi connectivity index (χ1) is 9.48. The van der Waals surface area contributed by atoms with Crippen molar-refractivity contribution in [1.82, 2.24) is 10.6 Å². The van der Waals surface area contributed by atoms with Crippen LogP contribution in [0.2, 0.25) is 0 Å². The van der Waals surface area contributed by atoms with Gasteiger partial charge in [0.05, 0.1) is 0 Å². The van der Waals surface area contributed by atoms with Crippen molar-refractivity contribution in [1.29, 1.82) is 0 Å². The fourth-order valence-electron chi connectivity index (χ4n) is 2.77. The molecule has 1 atom stereocenters. The minimum absolute atomic E-state index is 0.0136. The van der Waals surface area contributed by atoms with Crippen LogP contribution < -0.4 is 10.6 Å². The van der Waals surface area contributed by atoms with Crippen LogP contribution in [0.4, 0.5) is 0 Å². The molecule has 0 bridgehead atoms. The zero-order chi connectivity index (χ0) is 14.6. The van der Waals surface area contributed by atoms with Crippen molar-refractivity contribution in [2.24, 2.45) is 5.92 Å². The molecule has 2 rings (SSSR count). The maximum absolute atomic E-state index is 12.4. The summed E-state index contributed by atoms with van der Waals surface area (Å²) in [6.45, 7) is 9.32. The van der Waals surface area contributed by atoms with Crippen LogP contribution in [0.3, 0.4) is 0 Å². The summed E-state index contributed by atoms with van der Waals surface area (Å²) in [5.41, 5.74) is 1.91. The predicted octanol–water partition coefficient (Wildman–Crippen LogP) is 2.71. The van der Waals surface area contributed by atoms with Gasteiger partial charge in [-0.05, 0) is 48.9 Å². The third-order valence-electron chi connectivity index (χ3n) is 3.93. The van der Waals surface area contributed by atoms with E-state index in [0.29, 0.717) is 5.92 Å². The highest BCUT2D eigenvalue weighted by molar-refractivity contribution is 5.96. The molecule has 1 unspecified atom stereocenters. The molecule has 0 saturated carbocycles. The molecule has 20 heavy (non-hydrogen) atoms. The highest BCUT2D eigenvalue weighted by atomic mass is 16.1. The quantitative estimate of drug-likeness (QED) is 0.890. The Balaban J connectivity index is 2.02. The number of hydrogen-bond acceptors (Lipinski definition) is 2. The zero-order valence-corrected chi connectivity index (χ0v) is 12.8. The molecule has 3 heteroatoms. The molecule has 110 valence electrons. The second-order valence-electron chi connectivity index (χ2n) is 6.72. The van der Waals surface area contributed by atoms with E-state index in [9.17, 15) is 4.79 Å². The number of nitrogens with one attached hydrogen (secondary N) is 2. The monoisotopic (exact) mass is 274 g/mol. The van der Waals surface area contributed by atoms with E-state index >= 15 is 0 Å². The molecule has 0 aromatic heterocycles. The Hall–Kier alpha value is -1.35. The van der Waals surface area contributed by atoms with Crippen LogP contribution in [0.1, 0.15) is 49.5 Å². The Bertz CT molecular complexity index is 456. The van der Waals surface area contributed by atoms with Gasteiger partial charge in [-0.15, -0.1) is 0 Å². The first-order valence-corrected chi connectivity index (χ1v) is 7.57. The molecule has 0 radical (unpaired) electrons. The molecule has 1 aliphatic heterocycles. The summed E-state index contributed by atoms with van der Waals surface area (Å²) >= 11 is 0. The summed E-state index contributed by atoms with van der Waals surface area (Å²) in [5.74, 6) is 0.621. The topological polar surface area (TPSA) is 41.1 Å². The molecule has 0 spiro atoms. The van der Waals surface area contributed by atoms with Crippen molar-refractivity contribution in [3.05, 3.63) is 35.4 Å². The van der Waals surface area contributed by atoms with Crippen LogP contribution in [0.15, 0.2) is 24.3 Å². The summed E-state index contributed by atoms with van der Waals surface area (Å²) in [6.07, 6.45) is 2.41. The van der Waals surface area contributed by atoms with Gasteiger partial charge in [-0.1, -0.05) is 39.0 Å². The van der Waals surface area contributed by atoms with Gasteiger partial charge in [0.2, 0.25) is 0 Å². The van der Waals surface area contributed by atoms with Crippen molar-refractivity contribution in [2.45, 2.75) is 39.0 Å². The molecule has 1 saturated heterocycles. The van der Waals surface area contributed by atoms with E-state index in [0.717, 1.165) is 30.8 Å². The zero-order valence-electron chi connectivity index (χ0n) is 12.8. The molecular weight excluding hydrogens is 248 g/mol. The number of hydrogen-bond donors (Lipinski definition) is 2. The fourth-order valence-corrected chi connectivity index (χ4v) is 2.77. The molecule has 3 nitrogen and oxygen atoms in total. The third-order valence-corrected chi connectivity index (χ3v) is 3.93. The average molecular weight is 274 g/mol. The lowest BCUT2D eigenvalue weighted by Gasteiger charge is -2.25. The van der Waals surface area contributed by atoms with Crippen molar-refractivity contribution < 1.29 is 4.79 Å². The Morgan fingerprint density at radius 1 is 1.35 bits per heavy atom. The number of carbonyl (C=O) groups is 1. The van der Waals surface area contributed by atoms with E-state index in [-0.39, 0.29) is 11.3 Å². The Morgan fingerprint density at radius 3 is 2.75 bits per heavy atom. The van der Waals surface area contributed by atoms with Gasteiger partial charge in [0.25, 0.3) is 5.91 Å². The Kier molecular flexibility index (Phi) is 4.81. The number of rotatable bonds is 3. The van der Waals surface area contributed by atoms with Crippen LogP contribution in [0, 0.1) is 5.92 Å². The normalized spacial score (nSPS) is 19.6.